The lowest BCUT2D eigenvalue weighted by Crippen LogP contribution is -2.25. The minimum absolute atomic E-state index is 0.741. The highest BCUT2D eigenvalue weighted by Crippen LogP contribution is 2.46. The molecule has 2 aromatic heterocycles. The quantitative estimate of drug-likeness (QED) is 0.157. The molecule has 0 N–H and O–H groups in total. The number of pyridine rings is 1. The Labute approximate surface area is 296 Å². The molecular formula is C45H32N2O2P2. The lowest BCUT2D eigenvalue weighted by atomic mass is 10.1. The van der Waals surface area contributed by atoms with Crippen LogP contribution in [0.1, 0.15) is 0 Å². The van der Waals surface area contributed by atoms with Gasteiger partial charge < -0.3 is 13.7 Å². The number of benzene rings is 7. The van der Waals surface area contributed by atoms with Gasteiger partial charge in [0.25, 0.3) is 0 Å². The minimum atomic E-state index is -3.27. The molecule has 0 aliphatic heterocycles. The maximum Gasteiger partial charge on any atom is 0.171 e. The fraction of sp³-hybridized carbons (Fsp3) is 0. The number of rotatable bonds is 7. The van der Waals surface area contributed by atoms with Crippen LogP contribution in [0.25, 0.3) is 38.4 Å². The third kappa shape index (κ3) is 5.02. The Morgan fingerprint density at radius 1 is 0.373 bits per heavy atom. The van der Waals surface area contributed by atoms with Crippen LogP contribution in [-0.4, -0.2) is 9.55 Å². The van der Waals surface area contributed by atoms with Gasteiger partial charge in [0, 0.05) is 54.2 Å². The zero-order valence-corrected chi connectivity index (χ0v) is 29.4. The Kier molecular flexibility index (Phi) is 7.66. The summed E-state index contributed by atoms with van der Waals surface area (Å²) in [5.74, 6) is 0. The molecule has 0 saturated carbocycles. The topological polar surface area (TPSA) is 52.0 Å². The summed E-state index contributed by atoms with van der Waals surface area (Å²) in [6.45, 7) is 0. The largest absolute Gasteiger partial charge is 0.309 e. The Hall–Kier alpha value is -5.79. The molecule has 51 heavy (non-hydrogen) atoms. The molecule has 0 atom stereocenters. The predicted molar refractivity (Wildman–Crippen MR) is 215 cm³/mol. The molecule has 0 bridgehead atoms. The first-order chi connectivity index (χ1) is 25.1. The molecule has 2 heterocycles. The van der Waals surface area contributed by atoms with E-state index in [1.165, 1.54) is 0 Å². The van der Waals surface area contributed by atoms with E-state index in [0.29, 0.717) is 0 Å². The van der Waals surface area contributed by atoms with Gasteiger partial charge in [-0.25, -0.2) is 0 Å². The van der Waals surface area contributed by atoms with Gasteiger partial charge in [0.15, 0.2) is 14.3 Å². The van der Waals surface area contributed by atoms with Crippen LogP contribution in [0.2, 0.25) is 0 Å². The maximum absolute atomic E-state index is 15.6. The van der Waals surface area contributed by atoms with Gasteiger partial charge in [-0.05, 0) is 60.7 Å². The van der Waals surface area contributed by atoms with Gasteiger partial charge in [-0.1, -0.05) is 127 Å². The molecule has 9 rings (SSSR count). The van der Waals surface area contributed by atoms with E-state index in [2.05, 4.69) is 45.9 Å². The molecule has 0 amide bonds. The molecule has 0 aliphatic carbocycles. The summed E-state index contributed by atoms with van der Waals surface area (Å²) in [4.78, 5) is 4.65. The summed E-state index contributed by atoms with van der Waals surface area (Å²) < 4.78 is 33.4. The number of nitrogens with zero attached hydrogens (tertiary/aromatic N) is 2. The highest BCUT2D eigenvalue weighted by molar-refractivity contribution is 7.85. The van der Waals surface area contributed by atoms with E-state index in [0.717, 1.165) is 70.2 Å². The van der Waals surface area contributed by atoms with Gasteiger partial charge in [-0.15, -0.1) is 0 Å². The first kappa shape index (κ1) is 31.2. The Morgan fingerprint density at radius 2 is 0.804 bits per heavy atom. The molecule has 7 aromatic carbocycles. The van der Waals surface area contributed by atoms with Crippen molar-refractivity contribution in [1.82, 2.24) is 9.55 Å². The Balaban J connectivity index is 1.38. The van der Waals surface area contributed by atoms with E-state index in [4.69, 9.17) is 0 Å². The van der Waals surface area contributed by atoms with Crippen molar-refractivity contribution in [1.29, 1.82) is 0 Å². The third-order valence-electron chi connectivity index (χ3n) is 9.80. The Bertz CT molecular complexity index is 2550. The van der Waals surface area contributed by atoms with E-state index in [-0.39, 0.29) is 0 Å². The summed E-state index contributed by atoms with van der Waals surface area (Å²) in [6, 6.07) is 61.6. The molecule has 244 valence electrons. The highest BCUT2D eigenvalue weighted by Gasteiger charge is 2.32. The summed E-state index contributed by atoms with van der Waals surface area (Å²) >= 11 is 0. The second kappa shape index (κ2) is 12.5. The van der Waals surface area contributed by atoms with Crippen LogP contribution in [0.4, 0.5) is 0 Å². The first-order valence-electron chi connectivity index (χ1n) is 16.9. The molecule has 0 aliphatic rings. The van der Waals surface area contributed by atoms with Crippen LogP contribution < -0.4 is 31.8 Å². The van der Waals surface area contributed by atoms with Gasteiger partial charge >= 0.3 is 0 Å². The minimum Gasteiger partial charge on any atom is -0.309 e. The van der Waals surface area contributed by atoms with Crippen LogP contribution in [0.3, 0.4) is 0 Å². The summed E-state index contributed by atoms with van der Waals surface area (Å²) in [7, 11) is -6.55. The molecule has 0 spiro atoms. The zero-order chi connectivity index (χ0) is 34.4. The highest BCUT2D eigenvalue weighted by atomic mass is 31.2. The van der Waals surface area contributed by atoms with Crippen molar-refractivity contribution in [2.75, 3.05) is 0 Å². The molecule has 0 radical (unpaired) electrons. The van der Waals surface area contributed by atoms with E-state index < -0.39 is 14.3 Å². The summed E-state index contributed by atoms with van der Waals surface area (Å²) in [5, 5.41) is 7.47. The molecule has 0 saturated heterocycles. The van der Waals surface area contributed by atoms with Crippen LogP contribution in [0, 0.1) is 0 Å². The summed E-state index contributed by atoms with van der Waals surface area (Å²) in [6.07, 6.45) is 1.81. The second-order valence-corrected chi connectivity index (χ2v) is 18.2. The van der Waals surface area contributed by atoms with Crippen molar-refractivity contribution in [3.63, 3.8) is 0 Å². The van der Waals surface area contributed by atoms with Gasteiger partial charge in [0.05, 0.1) is 22.2 Å². The van der Waals surface area contributed by atoms with Gasteiger partial charge in [-0.3, -0.25) is 4.98 Å². The number of hydrogen-bond donors (Lipinski definition) is 0. The third-order valence-corrected chi connectivity index (χ3v) is 15.9. The standard InChI is InChI=1S/C45H32N2O2P2/c48-50(33-15-5-1-6-16-33,34-17-7-2-8-18-34)37-26-28-44-40(31-37)41-32-38(51(49,35-19-9-3-10-20-35)36-21-11-4-12-22-36)27-29-45(41)47(44)43-25-13-24-42-39(43)23-14-30-46-42/h1-32H. The van der Waals surface area contributed by atoms with Crippen molar-refractivity contribution in [3.8, 4) is 5.69 Å². The van der Waals surface area contributed by atoms with E-state index in [1.54, 1.807) is 0 Å². The molecular weight excluding hydrogens is 662 g/mol. The predicted octanol–water partition coefficient (Wildman–Crippen LogP) is 8.61. The fourth-order valence-corrected chi connectivity index (χ4v) is 12.7. The van der Waals surface area contributed by atoms with E-state index in [9.17, 15) is 0 Å². The van der Waals surface area contributed by atoms with E-state index >= 15 is 9.13 Å². The first-order valence-corrected chi connectivity index (χ1v) is 20.3. The number of hydrogen-bond acceptors (Lipinski definition) is 3. The normalized spacial score (nSPS) is 12.1. The molecule has 9 aromatic rings. The monoisotopic (exact) mass is 694 g/mol. The molecule has 4 nitrogen and oxygen atoms in total. The van der Waals surface area contributed by atoms with Crippen LogP contribution in [0.5, 0.6) is 0 Å². The zero-order valence-electron chi connectivity index (χ0n) is 27.6. The van der Waals surface area contributed by atoms with Crippen molar-refractivity contribution in [3.05, 3.63) is 194 Å². The van der Waals surface area contributed by atoms with Crippen LogP contribution in [-0.2, 0) is 9.13 Å². The molecule has 0 unspecified atom stereocenters. The van der Waals surface area contributed by atoms with Crippen LogP contribution in [0.15, 0.2) is 194 Å². The van der Waals surface area contributed by atoms with E-state index in [1.807, 2.05) is 158 Å². The smallest absolute Gasteiger partial charge is 0.171 e. The van der Waals surface area contributed by atoms with Crippen molar-refractivity contribution >= 4 is 78.8 Å². The fourth-order valence-electron chi connectivity index (χ4n) is 7.38. The average molecular weight is 695 g/mol. The van der Waals surface area contributed by atoms with Crippen molar-refractivity contribution in [2.45, 2.75) is 0 Å². The van der Waals surface area contributed by atoms with Crippen molar-refractivity contribution < 1.29 is 9.13 Å². The number of fused-ring (bicyclic) bond motifs is 4. The maximum atomic E-state index is 15.6. The Morgan fingerprint density at radius 3 is 1.24 bits per heavy atom. The van der Waals surface area contributed by atoms with Gasteiger partial charge in [-0.2, -0.15) is 0 Å². The summed E-state index contributed by atoms with van der Waals surface area (Å²) in [5.41, 5.74) is 3.81. The van der Waals surface area contributed by atoms with Crippen LogP contribution >= 0.6 is 14.3 Å². The second-order valence-electron chi connectivity index (χ2n) is 12.6. The molecule has 6 heteroatoms. The molecule has 0 fully saturated rings. The lowest BCUT2D eigenvalue weighted by molar-refractivity contribution is 0.591. The lowest BCUT2D eigenvalue weighted by Gasteiger charge is -2.20. The number of aromatic nitrogens is 2. The van der Waals surface area contributed by atoms with Gasteiger partial charge in [0.2, 0.25) is 0 Å². The average Bonchev–Trinajstić information content (AvgIpc) is 3.54. The van der Waals surface area contributed by atoms with Gasteiger partial charge in [0.1, 0.15) is 0 Å². The van der Waals surface area contributed by atoms with Crippen molar-refractivity contribution in [2.24, 2.45) is 0 Å². The SMILES string of the molecule is O=P(c1ccccc1)(c1ccccc1)c1ccc2c(c1)c1cc(P(=O)(c3ccccc3)c3ccccc3)ccc1n2-c1cccc2ncccc12.